The Morgan fingerprint density at radius 3 is 2.47 bits per heavy atom. The molecule has 0 N–H and O–H groups in total. The van der Waals surface area contributed by atoms with Crippen LogP contribution in [0.2, 0.25) is 0 Å². The Bertz CT molecular complexity index is 234. The zero-order valence-electron chi connectivity index (χ0n) is 9.02. The summed E-state index contributed by atoms with van der Waals surface area (Å²) in [7, 11) is 0. The van der Waals surface area contributed by atoms with Crippen LogP contribution in [0.3, 0.4) is 0 Å². The second-order valence-corrected chi connectivity index (χ2v) is 4.90. The van der Waals surface area contributed by atoms with Crippen molar-refractivity contribution in [1.82, 2.24) is 0 Å². The molecule has 15 heavy (non-hydrogen) atoms. The van der Waals surface area contributed by atoms with E-state index in [1.54, 1.807) is 11.8 Å². The third-order valence-corrected chi connectivity index (χ3v) is 3.54. The quantitative estimate of drug-likeness (QED) is 0.688. The summed E-state index contributed by atoms with van der Waals surface area (Å²) >= 11 is 1.70. The first-order valence-electron chi connectivity index (χ1n) is 5.00. The van der Waals surface area contributed by atoms with E-state index < -0.39 is 0 Å². The molecule has 1 rings (SSSR count). The van der Waals surface area contributed by atoms with Gasteiger partial charge in [0, 0.05) is 24.9 Å². The van der Waals surface area contributed by atoms with Crippen molar-refractivity contribution in [3.63, 3.8) is 0 Å². The SMILES string of the molecule is CC(=O)OCC1CCC(OC(C)=O)CS1. The van der Waals surface area contributed by atoms with Crippen LogP contribution < -0.4 is 0 Å². The number of esters is 2. The van der Waals surface area contributed by atoms with Gasteiger partial charge in [0.25, 0.3) is 0 Å². The van der Waals surface area contributed by atoms with E-state index in [1.165, 1.54) is 13.8 Å². The Morgan fingerprint density at radius 2 is 2.00 bits per heavy atom. The number of carbonyl (C=O) groups excluding carboxylic acids is 2. The summed E-state index contributed by atoms with van der Waals surface area (Å²) in [5, 5.41) is 0.348. The standard InChI is InChI=1S/C10H16O4S/c1-7(11)13-5-10-4-3-9(6-15-10)14-8(2)12/h9-10H,3-6H2,1-2H3. The number of thioether (sulfide) groups is 1. The third kappa shape index (κ3) is 5.06. The van der Waals surface area contributed by atoms with Crippen molar-refractivity contribution in [3.05, 3.63) is 0 Å². The summed E-state index contributed by atoms with van der Waals surface area (Å²) in [6.45, 7) is 3.30. The molecule has 0 aromatic carbocycles. The first-order chi connectivity index (χ1) is 7.08. The normalized spacial score (nSPS) is 25.7. The fourth-order valence-electron chi connectivity index (χ4n) is 1.45. The Hall–Kier alpha value is -0.710. The molecule has 2 unspecified atom stereocenters. The summed E-state index contributed by atoms with van der Waals surface area (Å²) in [4.78, 5) is 21.3. The van der Waals surface area contributed by atoms with Crippen molar-refractivity contribution in [2.24, 2.45) is 0 Å². The molecule has 0 spiro atoms. The molecule has 0 aromatic heterocycles. The van der Waals surface area contributed by atoms with Crippen molar-refractivity contribution in [1.29, 1.82) is 0 Å². The number of rotatable bonds is 3. The van der Waals surface area contributed by atoms with E-state index in [-0.39, 0.29) is 18.0 Å². The Balaban J connectivity index is 2.18. The molecule has 1 heterocycles. The smallest absolute Gasteiger partial charge is 0.302 e. The summed E-state index contributed by atoms with van der Waals surface area (Å²) < 4.78 is 10.0. The molecule has 5 heteroatoms. The van der Waals surface area contributed by atoms with Crippen LogP contribution in [-0.4, -0.2) is 35.7 Å². The fourth-order valence-corrected chi connectivity index (χ4v) is 2.64. The van der Waals surface area contributed by atoms with E-state index in [0.717, 1.165) is 18.6 Å². The van der Waals surface area contributed by atoms with Gasteiger partial charge in [0.2, 0.25) is 0 Å². The lowest BCUT2D eigenvalue weighted by atomic mass is 10.1. The number of carbonyl (C=O) groups is 2. The second kappa shape index (κ2) is 6.00. The maximum Gasteiger partial charge on any atom is 0.302 e. The molecule has 1 saturated heterocycles. The van der Waals surface area contributed by atoms with Crippen molar-refractivity contribution in [3.8, 4) is 0 Å². The molecule has 4 nitrogen and oxygen atoms in total. The van der Waals surface area contributed by atoms with Gasteiger partial charge in [-0.15, -0.1) is 0 Å². The first kappa shape index (κ1) is 12.4. The van der Waals surface area contributed by atoms with Gasteiger partial charge in [-0.1, -0.05) is 0 Å². The van der Waals surface area contributed by atoms with Gasteiger partial charge in [0.1, 0.15) is 12.7 Å². The van der Waals surface area contributed by atoms with Gasteiger partial charge < -0.3 is 9.47 Å². The highest BCUT2D eigenvalue weighted by molar-refractivity contribution is 8.00. The van der Waals surface area contributed by atoms with Crippen LogP contribution in [0, 0.1) is 0 Å². The minimum absolute atomic E-state index is 0.0288. The predicted molar refractivity (Wildman–Crippen MR) is 57.7 cm³/mol. The predicted octanol–water partition coefficient (Wildman–Crippen LogP) is 1.38. The molecule has 2 atom stereocenters. The molecule has 86 valence electrons. The number of hydrogen-bond donors (Lipinski definition) is 0. The molecule has 0 radical (unpaired) electrons. The fraction of sp³-hybridized carbons (Fsp3) is 0.800. The van der Waals surface area contributed by atoms with Crippen molar-refractivity contribution >= 4 is 23.7 Å². The van der Waals surface area contributed by atoms with Gasteiger partial charge in [0.15, 0.2) is 0 Å². The lowest BCUT2D eigenvalue weighted by Gasteiger charge is -2.27. The summed E-state index contributed by atoms with van der Waals surface area (Å²) in [6, 6.07) is 0. The summed E-state index contributed by atoms with van der Waals surface area (Å²) in [5.41, 5.74) is 0. The van der Waals surface area contributed by atoms with Crippen LogP contribution in [0.5, 0.6) is 0 Å². The maximum absolute atomic E-state index is 10.7. The zero-order valence-corrected chi connectivity index (χ0v) is 9.84. The molecular formula is C10H16O4S. The molecule has 1 aliphatic rings. The summed E-state index contributed by atoms with van der Waals surface area (Å²) in [5.74, 6) is 0.336. The lowest BCUT2D eigenvalue weighted by Crippen LogP contribution is -2.29. The highest BCUT2D eigenvalue weighted by atomic mass is 32.2. The summed E-state index contributed by atoms with van der Waals surface area (Å²) in [6.07, 6.45) is 1.81. The topological polar surface area (TPSA) is 52.6 Å². The highest BCUT2D eigenvalue weighted by Gasteiger charge is 2.24. The molecule has 1 fully saturated rings. The van der Waals surface area contributed by atoms with Gasteiger partial charge in [0.05, 0.1) is 0 Å². The molecule has 0 aliphatic carbocycles. The molecule has 1 aliphatic heterocycles. The lowest BCUT2D eigenvalue weighted by molar-refractivity contribution is -0.145. The second-order valence-electron chi connectivity index (χ2n) is 3.57. The van der Waals surface area contributed by atoms with Crippen molar-refractivity contribution in [2.45, 2.75) is 38.0 Å². The van der Waals surface area contributed by atoms with Gasteiger partial charge in [-0.25, -0.2) is 0 Å². The number of ether oxygens (including phenoxy) is 2. The van der Waals surface area contributed by atoms with Crippen LogP contribution in [0.15, 0.2) is 0 Å². The highest BCUT2D eigenvalue weighted by Crippen LogP contribution is 2.27. The van der Waals surface area contributed by atoms with Gasteiger partial charge >= 0.3 is 11.9 Å². The first-order valence-corrected chi connectivity index (χ1v) is 6.05. The molecule has 0 saturated carbocycles. The molecule has 0 bridgehead atoms. The van der Waals surface area contributed by atoms with E-state index in [0.29, 0.717) is 11.9 Å². The van der Waals surface area contributed by atoms with Crippen molar-refractivity contribution in [2.75, 3.05) is 12.4 Å². The van der Waals surface area contributed by atoms with E-state index in [9.17, 15) is 9.59 Å². The van der Waals surface area contributed by atoms with E-state index >= 15 is 0 Å². The number of hydrogen-bond acceptors (Lipinski definition) is 5. The third-order valence-electron chi connectivity index (χ3n) is 2.13. The van der Waals surface area contributed by atoms with E-state index in [2.05, 4.69) is 0 Å². The minimum atomic E-state index is -0.238. The van der Waals surface area contributed by atoms with E-state index in [1.807, 2.05) is 0 Å². The van der Waals surface area contributed by atoms with Crippen LogP contribution >= 0.6 is 11.8 Å². The monoisotopic (exact) mass is 232 g/mol. The van der Waals surface area contributed by atoms with Crippen LogP contribution in [0.1, 0.15) is 26.7 Å². The Kier molecular flexibility index (Phi) is 4.94. The maximum atomic E-state index is 10.7. The zero-order chi connectivity index (χ0) is 11.3. The largest absolute Gasteiger partial charge is 0.465 e. The Labute approximate surface area is 93.7 Å². The average Bonchev–Trinajstić information content (AvgIpc) is 2.16. The molecule has 0 aromatic rings. The van der Waals surface area contributed by atoms with E-state index in [4.69, 9.17) is 9.47 Å². The van der Waals surface area contributed by atoms with Gasteiger partial charge in [-0.05, 0) is 12.8 Å². The minimum Gasteiger partial charge on any atom is -0.465 e. The molecular weight excluding hydrogens is 216 g/mol. The van der Waals surface area contributed by atoms with Crippen LogP contribution in [0.4, 0.5) is 0 Å². The average molecular weight is 232 g/mol. The van der Waals surface area contributed by atoms with Gasteiger partial charge in [-0.3, -0.25) is 9.59 Å². The van der Waals surface area contributed by atoms with Crippen molar-refractivity contribution < 1.29 is 19.1 Å². The van der Waals surface area contributed by atoms with Crippen LogP contribution in [-0.2, 0) is 19.1 Å². The van der Waals surface area contributed by atoms with Gasteiger partial charge in [-0.2, -0.15) is 11.8 Å². The Morgan fingerprint density at radius 1 is 1.27 bits per heavy atom. The molecule has 0 amide bonds. The van der Waals surface area contributed by atoms with Crippen LogP contribution in [0.25, 0.3) is 0 Å².